The molecule has 6 heteroatoms. The van der Waals surface area contributed by atoms with Gasteiger partial charge >= 0.3 is 0 Å². The molecule has 2 amide bonds. The van der Waals surface area contributed by atoms with Crippen molar-refractivity contribution >= 4 is 23.4 Å². The van der Waals surface area contributed by atoms with Crippen LogP contribution in [-0.2, 0) is 16.1 Å². The molecule has 0 saturated heterocycles. The summed E-state index contributed by atoms with van der Waals surface area (Å²) >= 11 is 6.03. The molecule has 1 saturated carbocycles. The molecule has 0 radical (unpaired) electrons. The van der Waals surface area contributed by atoms with Crippen LogP contribution in [0.4, 0.5) is 0 Å². The van der Waals surface area contributed by atoms with E-state index in [-0.39, 0.29) is 30.7 Å². The Morgan fingerprint density at radius 2 is 1.85 bits per heavy atom. The molecule has 5 nitrogen and oxygen atoms in total. The molecule has 2 aromatic rings. The van der Waals surface area contributed by atoms with Gasteiger partial charge in [-0.1, -0.05) is 23.7 Å². The van der Waals surface area contributed by atoms with Crippen LogP contribution in [0.2, 0.25) is 5.02 Å². The van der Waals surface area contributed by atoms with Gasteiger partial charge in [-0.25, -0.2) is 0 Å². The normalized spacial score (nSPS) is 19.1. The number of benzene rings is 1. The first-order chi connectivity index (χ1) is 12.6. The molecule has 1 fully saturated rings. The molecule has 1 aromatic heterocycles. The third-order valence-electron chi connectivity index (χ3n) is 5.05. The number of nitrogens with one attached hydrogen (secondary N) is 1. The van der Waals surface area contributed by atoms with E-state index in [1.54, 1.807) is 0 Å². The van der Waals surface area contributed by atoms with Crippen molar-refractivity contribution < 1.29 is 9.59 Å². The maximum Gasteiger partial charge on any atom is 0.223 e. The number of rotatable bonds is 5. The molecule has 1 aromatic carbocycles. The Hall–Kier alpha value is -2.27. The summed E-state index contributed by atoms with van der Waals surface area (Å²) < 4.78 is 2.18. The molecular weight excluding hydrogens is 350 g/mol. The summed E-state index contributed by atoms with van der Waals surface area (Å²) in [5, 5.41) is 3.62. The van der Waals surface area contributed by atoms with Gasteiger partial charge in [-0.3, -0.25) is 9.59 Å². The van der Waals surface area contributed by atoms with Crippen molar-refractivity contribution in [1.29, 1.82) is 0 Å². The number of hydrogen-bond donors (Lipinski definition) is 1. The summed E-state index contributed by atoms with van der Waals surface area (Å²) in [5.74, 6) is -0.00683. The van der Waals surface area contributed by atoms with Crippen LogP contribution >= 0.6 is 11.6 Å². The molecule has 1 aliphatic heterocycles. The number of carbonyl (C=O) groups excluding carboxylic acids is 2. The van der Waals surface area contributed by atoms with Crippen molar-refractivity contribution in [2.75, 3.05) is 6.54 Å². The van der Waals surface area contributed by atoms with Crippen LogP contribution in [0.25, 0.3) is 0 Å². The first kappa shape index (κ1) is 17.2. The van der Waals surface area contributed by atoms with Crippen LogP contribution in [-0.4, -0.2) is 33.9 Å². The fraction of sp³-hybridized carbons (Fsp3) is 0.400. The smallest absolute Gasteiger partial charge is 0.223 e. The minimum absolute atomic E-state index is 0.0170. The Bertz CT molecular complexity index is 811. The van der Waals surface area contributed by atoms with Gasteiger partial charge in [-0.15, -0.1) is 0 Å². The van der Waals surface area contributed by atoms with E-state index in [0.717, 1.165) is 30.6 Å². The Morgan fingerprint density at radius 3 is 2.58 bits per heavy atom. The monoisotopic (exact) mass is 371 g/mol. The average Bonchev–Trinajstić information content (AvgIpc) is 3.32. The Balaban J connectivity index is 1.52. The third-order valence-corrected chi connectivity index (χ3v) is 5.30. The van der Waals surface area contributed by atoms with Crippen LogP contribution in [0.5, 0.6) is 0 Å². The van der Waals surface area contributed by atoms with Crippen LogP contribution in [0.15, 0.2) is 42.6 Å². The Labute approximate surface area is 157 Å². The maximum atomic E-state index is 12.9. The van der Waals surface area contributed by atoms with E-state index < -0.39 is 0 Å². The molecule has 0 bridgehead atoms. The fourth-order valence-corrected chi connectivity index (χ4v) is 3.67. The maximum absolute atomic E-state index is 12.9. The summed E-state index contributed by atoms with van der Waals surface area (Å²) in [6, 6.07) is 11.9. The number of nitrogens with zero attached hydrogens (tertiary/aromatic N) is 2. The highest BCUT2D eigenvalue weighted by molar-refractivity contribution is 6.30. The first-order valence-corrected chi connectivity index (χ1v) is 9.49. The quantitative estimate of drug-likeness (QED) is 0.877. The van der Waals surface area contributed by atoms with Gasteiger partial charge in [0.15, 0.2) is 0 Å². The number of fused-ring (bicyclic) bond motifs is 1. The highest BCUT2D eigenvalue weighted by atomic mass is 35.5. The van der Waals surface area contributed by atoms with E-state index in [4.69, 9.17) is 11.6 Å². The van der Waals surface area contributed by atoms with Crippen molar-refractivity contribution in [2.24, 2.45) is 0 Å². The summed E-state index contributed by atoms with van der Waals surface area (Å²) in [6.07, 6.45) is 4.65. The van der Waals surface area contributed by atoms with Gasteiger partial charge in [-0.05, 0) is 42.7 Å². The van der Waals surface area contributed by atoms with E-state index in [1.807, 2.05) is 41.4 Å². The fourth-order valence-electron chi connectivity index (χ4n) is 3.54. The van der Waals surface area contributed by atoms with E-state index >= 15 is 0 Å². The Morgan fingerprint density at radius 1 is 1.08 bits per heavy atom. The predicted molar refractivity (Wildman–Crippen MR) is 99.8 cm³/mol. The number of hydrogen-bond acceptors (Lipinski definition) is 2. The standard InChI is InChI=1S/C20H22ClN3O2/c21-15-5-3-14(4-6-15)20-17-2-1-11-23(17)12-13-24(20)19(26)10-9-18(25)22-16-7-8-16/h1-6,11,16,20H,7-10,12-13H2,(H,22,25)/t20-/m1/s1. The van der Waals surface area contributed by atoms with E-state index in [9.17, 15) is 9.59 Å². The molecule has 4 rings (SSSR count). The second kappa shape index (κ2) is 7.16. The Kier molecular flexibility index (Phi) is 4.72. The van der Waals surface area contributed by atoms with Gasteiger partial charge in [0, 0.05) is 48.9 Å². The van der Waals surface area contributed by atoms with E-state index in [1.165, 1.54) is 0 Å². The summed E-state index contributed by atoms with van der Waals surface area (Å²) in [4.78, 5) is 26.7. The van der Waals surface area contributed by atoms with Crippen LogP contribution in [0.3, 0.4) is 0 Å². The molecular formula is C20H22ClN3O2. The van der Waals surface area contributed by atoms with Crippen molar-refractivity contribution in [3.8, 4) is 0 Å². The number of aromatic nitrogens is 1. The number of halogens is 1. The van der Waals surface area contributed by atoms with Gasteiger partial charge in [-0.2, -0.15) is 0 Å². The molecule has 1 atom stereocenters. The van der Waals surface area contributed by atoms with Crippen LogP contribution in [0.1, 0.15) is 43.0 Å². The summed E-state index contributed by atoms with van der Waals surface area (Å²) in [7, 11) is 0. The SMILES string of the molecule is O=C(CCC(=O)N1CCn2cccc2[C@H]1c1ccc(Cl)cc1)NC1CC1. The first-order valence-electron chi connectivity index (χ1n) is 9.11. The molecule has 136 valence electrons. The number of carbonyl (C=O) groups is 2. The van der Waals surface area contributed by atoms with Crippen molar-refractivity contribution in [1.82, 2.24) is 14.8 Å². The molecule has 0 spiro atoms. The lowest BCUT2D eigenvalue weighted by molar-refractivity contribution is -0.136. The lowest BCUT2D eigenvalue weighted by atomic mass is 9.99. The highest BCUT2D eigenvalue weighted by Crippen LogP contribution is 2.33. The highest BCUT2D eigenvalue weighted by Gasteiger charge is 2.32. The molecule has 26 heavy (non-hydrogen) atoms. The minimum Gasteiger partial charge on any atom is -0.353 e. The van der Waals surface area contributed by atoms with Crippen molar-refractivity contribution in [3.63, 3.8) is 0 Å². The second-order valence-corrected chi connectivity index (χ2v) is 7.45. The zero-order valence-corrected chi connectivity index (χ0v) is 15.3. The molecule has 1 N–H and O–H groups in total. The zero-order valence-electron chi connectivity index (χ0n) is 14.5. The van der Waals surface area contributed by atoms with Gasteiger partial charge in [0.25, 0.3) is 0 Å². The van der Waals surface area contributed by atoms with Crippen molar-refractivity contribution in [3.05, 3.63) is 58.9 Å². The number of amides is 2. The van der Waals surface area contributed by atoms with Crippen LogP contribution < -0.4 is 5.32 Å². The van der Waals surface area contributed by atoms with Gasteiger partial charge in [0.2, 0.25) is 11.8 Å². The van der Waals surface area contributed by atoms with Gasteiger partial charge in [0.05, 0.1) is 6.04 Å². The summed E-state index contributed by atoms with van der Waals surface area (Å²) in [5.41, 5.74) is 2.12. The molecule has 1 aliphatic carbocycles. The summed E-state index contributed by atoms with van der Waals surface area (Å²) in [6.45, 7) is 1.41. The van der Waals surface area contributed by atoms with Gasteiger partial charge in [0.1, 0.15) is 0 Å². The lowest BCUT2D eigenvalue weighted by Gasteiger charge is -2.37. The minimum atomic E-state index is -0.144. The largest absolute Gasteiger partial charge is 0.353 e. The van der Waals surface area contributed by atoms with E-state index in [2.05, 4.69) is 16.0 Å². The van der Waals surface area contributed by atoms with Gasteiger partial charge < -0.3 is 14.8 Å². The molecule has 2 heterocycles. The predicted octanol–water partition coefficient (Wildman–Crippen LogP) is 3.13. The van der Waals surface area contributed by atoms with Crippen LogP contribution in [0, 0.1) is 0 Å². The molecule has 2 aliphatic rings. The topological polar surface area (TPSA) is 54.3 Å². The second-order valence-electron chi connectivity index (χ2n) is 7.01. The third kappa shape index (κ3) is 3.63. The zero-order chi connectivity index (χ0) is 18.1. The lowest BCUT2D eigenvalue weighted by Crippen LogP contribution is -2.42. The van der Waals surface area contributed by atoms with E-state index in [0.29, 0.717) is 17.6 Å². The molecule has 0 unspecified atom stereocenters. The average molecular weight is 372 g/mol. The van der Waals surface area contributed by atoms with Crippen molar-refractivity contribution in [2.45, 2.75) is 44.3 Å².